The second-order valence-electron chi connectivity index (χ2n) is 5.65. The topological polar surface area (TPSA) is 46.6 Å². The lowest BCUT2D eigenvalue weighted by Crippen LogP contribution is -2.35. The molecule has 0 saturated carbocycles. The van der Waals surface area contributed by atoms with Gasteiger partial charge in [-0.25, -0.2) is 8.42 Å². The zero-order valence-electron chi connectivity index (χ0n) is 10.7. The number of fused-ring (bicyclic) bond motifs is 1. The fourth-order valence-electron chi connectivity index (χ4n) is 3.44. The molecule has 0 unspecified atom stereocenters. The average molecular weight is 312 g/mol. The van der Waals surface area contributed by atoms with Crippen LogP contribution in [0.1, 0.15) is 6.42 Å². The minimum Gasteiger partial charge on any atom is -0.362 e. The van der Waals surface area contributed by atoms with Crippen LogP contribution in [0.15, 0.2) is 41.3 Å². The fourth-order valence-corrected chi connectivity index (χ4v) is 5.09. The van der Waals surface area contributed by atoms with Crippen molar-refractivity contribution in [2.75, 3.05) is 13.1 Å². The van der Waals surface area contributed by atoms with E-state index in [1.165, 1.54) is 4.31 Å². The molecule has 106 valence electrons. The molecule has 3 aliphatic rings. The average Bonchev–Trinajstić information content (AvgIpc) is 3.05. The number of halogens is 1. The van der Waals surface area contributed by atoms with Crippen LogP contribution in [0.2, 0.25) is 5.02 Å². The Hall–Kier alpha value is -0.880. The van der Waals surface area contributed by atoms with E-state index in [1.807, 2.05) is 6.08 Å². The summed E-state index contributed by atoms with van der Waals surface area (Å²) in [6.07, 6.45) is 5.20. The van der Waals surface area contributed by atoms with E-state index in [4.69, 9.17) is 16.3 Å². The van der Waals surface area contributed by atoms with Gasteiger partial charge in [-0.15, -0.1) is 0 Å². The quantitative estimate of drug-likeness (QED) is 0.785. The van der Waals surface area contributed by atoms with Crippen LogP contribution in [0.3, 0.4) is 0 Å². The van der Waals surface area contributed by atoms with Crippen molar-refractivity contribution in [3.8, 4) is 0 Å². The number of sulfonamides is 1. The molecule has 2 bridgehead atoms. The van der Waals surface area contributed by atoms with Crippen molar-refractivity contribution < 1.29 is 13.2 Å². The van der Waals surface area contributed by atoms with Crippen molar-refractivity contribution >= 4 is 21.6 Å². The monoisotopic (exact) mass is 311 g/mol. The number of rotatable bonds is 2. The molecule has 0 amide bonds. The third-order valence-corrected chi connectivity index (χ3v) is 6.55. The lowest BCUT2D eigenvalue weighted by atomic mass is 9.86. The summed E-state index contributed by atoms with van der Waals surface area (Å²) in [4.78, 5) is 0.289. The van der Waals surface area contributed by atoms with Gasteiger partial charge >= 0.3 is 0 Å². The number of ether oxygens (including phenoxy) is 1. The molecule has 3 aliphatic heterocycles. The van der Waals surface area contributed by atoms with E-state index >= 15 is 0 Å². The van der Waals surface area contributed by atoms with Crippen LogP contribution in [0.4, 0.5) is 0 Å². The Morgan fingerprint density at radius 1 is 1.30 bits per heavy atom. The van der Waals surface area contributed by atoms with Crippen molar-refractivity contribution in [3.05, 3.63) is 41.4 Å². The Bertz CT molecular complexity index is 685. The van der Waals surface area contributed by atoms with E-state index in [0.29, 0.717) is 18.1 Å². The predicted octanol–water partition coefficient (Wildman–Crippen LogP) is 2.06. The number of benzene rings is 1. The standard InChI is InChI=1S/C14H14ClNO3S/c15-11-1-3-13(4-2-11)20(17,18)16-8-10-7-12-5-6-14(10,9-16)19-12/h1-6,10,12H,7-9H2/t10-,12-,14-/m0/s1. The summed E-state index contributed by atoms with van der Waals surface area (Å²) in [7, 11) is -3.47. The van der Waals surface area contributed by atoms with E-state index in [9.17, 15) is 8.42 Å². The molecule has 1 aromatic carbocycles. The summed E-state index contributed by atoms with van der Waals surface area (Å²) in [5.74, 6) is 0.277. The molecule has 2 saturated heterocycles. The first kappa shape index (κ1) is 12.8. The minimum atomic E-state index is -3.47. The first-order valence-electron chi connectivity index (χ1n) is 6.62. The lowest BCUT2D eigenvalue weighted by molar-refractivity contribution is 0.0291. The van der Waals surface area contributed by atoms with Gasteiger partial charge in [0.05, 0.1) is 11.0 Å². The molecule has 0 aliphatic carbocycles. The van der Waals surface area contributed by atoms with Crippen LogP contribution in [0.25, 0.3) is 0 Å². The highest BCUT2D eigenvalue weighted by molar-refractivity contribution is 7.89. The lowest BCUT2D eigenvalue weighted by Gasteiger charge is -2.22. The van der Waals surface area contributed by atoms with Gasteiger partial charge in [0.25, 0.3) is 0 Å². The highest BCUT2D eigenvalue weighted by atomic mass is 35.5. The van der Waals surface area contributed by atoms with Crippen molar-refractivity contribution in [3.63, 3.8) is 0 Å². The second-order valence-corrected chi connectivity index (χ2v) is 8.03. The van der Waals surface area contributed by atoms with Crippen molar-refractivity contribution in [1.82, 2.24) is 4.31 Å². The summed E-state index contributed by atoms with van der Waals surface area (Å²) in [6.45, 7) is 0.946. The molecule has 0 radical (unpaired) electrons. The van der Waals surface area contributed by atoms with Crippen molar-refractivity contribution in [2.45, 2.75) is 23.0 Å². The summed E-state index contributed by atoms with van der Waals surface area (Å²) < 4.78 is 32.8. The van der Waals surface area contributed by atoms with E-state index in [1.54, 1.807) is 24.3 Å². The predicted molar refractivity (Wildman–Crippen MR) is 75.1 cm³/mol. The third kappa shape index (κ3) is 1.70. The van der Waals surface area contributed by atoms with Gasteiger partial charge in [-0.2, -0.15) is 4.31 Å². The van der Waals surface area contributed by atoms with Gasteiger partial charge in [-0.1, -0.05) is 23.8 Å². The Kier molecular flexibility index (Phi) is 2.61. The summed E-state index contributed by atoms with van der Waals surface area (Å²) in [6, 6.07) is 6.31. The van der Waals surface area contributed by atoms with Gasteiger partial charge in [0, 0.05) is 24.0 Å². The molecule has 1 spiro atoms. The van der Waals surface area contributed by atoms with Gasteiger partial charge in [0.1, 0.15) is 5.60 Å². The number of hydrogen-bond donors (Lipinski definition) is 0. The SMILES string of the molecule is O=S(=O)(c1ccc(Cl)cc1)N1C[C@@H]2C[C@@H]3C=C[C@@]2(C1)O3. The van der Waals surface area contributed by atoms with Crippen LogP contribution in [-0.2, 0) is 14.8 Å². The summed E-state index contributed by atoms with van der Waals surface area (Å²) in [5, 5.41) is 0.533. The molecule has 4 nitrogen and oxygen atoms in total. The summed E-state index contributed by atoms with van der Waals surface area (Å²) in [5.41, 5.74) is -0.385. The highest BCUT2D eigenvalue weighted by Crippen LogP contribution is 2.48. The Morgan fingerprint density at radius 2 is 2.05 bits per heavy atom. The normalized spacial score (nSPS) is 35.6. The Morgan fingerprint density at radius 3 is 2.70 bits per heavy atom. The largest absolute Gasteiger partial charge is 0.362 e. The Labute approximate surface area is 123 Å². The van der Waals surface area contributed by atoms with E-state index in [2.05, 4.69) is 6.08 Å². The molecule has 20 heavy (non-hydrogen) atoms. The van der Waals surface area contributed by atoms with E-state index < -0.39 is 10.0 Å². The molecular weight excluding hydrogens is 298 g/mol. The zero-order valence-corrected chi connectivity index (χ0v) is 12.3. The zero-order chi connectivity index (χ0) is 14.0. The first-order chi connectivity index (χ1) is 9.49. The maximum Gasteiger partial charge on any atom is 0.243 e. The molecule has 0 N–H and O–H groups in total. The molecule has 0 aromatic heterocycles. The van der Waals surface area contributed by atoms with E-state index in [0.717, 1.165) is 6.42 Å². The number of nitrogens with zero attached hydrogens (tertiary/aromatic N) is 1. The number of hydrogen-bond acceptors (Lipinski definition) is 3. The highest BCUT2D eigenvalue weighted by Gasteiger charge is 2.57. The van der Waals surface area contributed by atoms with Crippen LogP contribution in [0.5, 0.6) is 0 Å². The smallest absolute Gasteiger partial charge is 0.243 e. The molecule has 2 fully saturated rings. The maximum absolute atomic E-state index is 12.7. The fraction of sp³-hybridized carbons (Fsp3) is 0.429. The van der Waals surface area contributed by atoms with Gasteiger partial charge in [0.2, 0.25) is 10.0 Å². The molecule has 4 rings (SSSR count). The molecule has 6 heteroatoms. The molecular formula is C14H14ClNO3S. The van der Waals surface area contributed by atoms with Crippen LogP contribution >= 0.6 is 11.6 Å². The molecule has 3 heterocycles. The Balaban J connectivity index is 1.66. The van der Waals surface area contributed by atoms with Gasteiger partial charge in [-0.3, -0.25) is 0 Å². The third-order valence-electron chi connectivity index (χ3n) is 4.47. The van der Waals surface area contributed by atoms with Crippen LogP contribution in [-0.4, -0.2) is 37.5 Å². The van der Waals surface area contributed by atoms with Crippen LogP contribution < -0.4 is 0 Å². The van der Waals surface area contributed by atoms with E-state index in [-0.39, 0.29) is 22.5 Å². The van der Waals surface area contributed by atoms with Gasteiger partial charge in [0.15, 0.2) is 0 Å². The molecule has 1 aromatic rings. The van der Waals surface area contributed by atoms with Crippen molar-refractivity contribution in [1.29, 1.82) is 0 Å². The maximum atomic E-state index is 12.7. The van der Waals surface area contributed by atoms with Crippen molar-refractivity contribution in [2.24, 2.45) is 5.92 Å². The van der Waals surface area contributed by atoms with Gasteiger partial charge < -0.3 is 4.74 Å². The van der Waals surface area contributed by atoms with Gasteiger partial charge in [-0.05, 0) is 30.7 Å². The van der Waals surface area contributed by atoms with Crippen LogP contribution in [0, 0.1) is 5.92 Å². The summed E-state index contributed by atoms with van der Waals surface area (Å²) >= 11 is 5.81. The minimum absolute atomic E-state index is 0.181. The second kappa shape index (κ2) is 4.07. The first-order valence-corrected chi connectivity index (χ1v) is 8.44. The molecule has 3 atom stereocenters.